The maximum Gasteiger partial charge on any atom is 0.316 e. The summed E-state index contributed by atoms with van der Waals surface area (Å²) < 4.78 is 4.90. The van der Waals surface area contributed by atoms with Crippen molar-refractivity contribution in [1.29, 1.82) is 0 Å². The lowest BCUT2D eigenvalue weighted by Gasteiger charge is -2.27. The van der Waals surface area contributed by atoms with Crippen LogP contribution >= 0.6 is 0 Å². The fourth-order valence-electron chi connectivity index (χ4n) is 2.67. The van der Waals surface area contributed by atoms with Gasteiger partial charge in [0, 0.05) is 24.2 Å². The molecule has 1 aliphatic rings. The van der Waals surface area contributed by atoms with Crippen LogP contribution in [0.25, 0.3) is 0 Å². The molecule has 102 valence electrons. The molecule has 0 aliphatic heterocycles. The zero-order valence-electron chi connectivity index (χ0n) is 10.8. The second-order valence-electron chi connectivity index (χ2n) is 4.78. The van der Waals surface area contributed by atoms with Gasteiger partial charge in [-0.2, -0.15) is 0 Å². The van der Waals surface area contributed by atoms with Gasteiger partial charge in [0.05, 0.1) is 6.61 Å². The number of Topliss-reactive ketones (excluding diaryl/α,β-unsaturated/α-hetero) is 1. The summed E-state index contributed by atoms with van der Waals surface area (Å²) in [6.45, 7) is 3.16. The lowest BCUT2D eigenvalue weighted by atomic mass is 9.79. The molecule has 6 heteroatoms. The third-order valence-electron chi connectivity index (χ3n) is 3.54. The summed E-state index contributed by atoms with van der Waals surface area (Å²) in [5.74, 6) is -1.79. The number of ether oxygens (including phenoxy) is 1. The molecule has 1 atom stereocenters. The number of hydrogen-bond donors (Lipinski definition) is 0. The number of hydrogen-bond acceptors (Lipinski definition) is 5. The Morgan fingerprint density at radius 2 is 1.94 bits per heavy atom. The van der Waals surface area contributed by atoms with Crippen LogP contribution in [0.3, 0.4) is 0 Å². The van der Waals surface area contributed by atoms with Crippen LogP contribution in [0.2, 0.25) is 0 Å². The van der Waals surface area contributed by atoms with Gasteiger partial charge in [-0.1, -0.05) is 0 Å². The molecule has 0 spiro atoms. The predicted octanol–water partition coefficient (Wildman–Crippen LogP) is 1.73. The molecular weight excluding hydrogens is 238 g/mol. The Morgan fingerprint density at radius 3 is 2.33 bits per heavy atom. The lowest BCUT2D eigenvalue weighted by molar-refractivity contribution is -0.576. The van der Waals surface area contributed by atoms with Crippen molar-refractivity contribution >= 4 is 11.8 Å². The van der Waals surface area contributed by atoms with E-state index in [2.05, 4.69) is 0 Å². The van der Waals surface area contributed by atoms with E-state index in [1.54, 1.807) is 6.92 Å². The molecule has 1 saturated carbocycles. The van der Waals surface area contributed by atoms with Crippen molar-refractivity contribution in [2.45, 2.75) is 51.5 Å². The standard InChI is InChI=1S/C12H19NO5/c1-3-18-11(15)10(8-9(2)14)12(13(16)17)6-4-5-7-12/h10H,3-8H2,1-2H3/t10-/m0/s1. The van der Waals surface area contributed by atoms with Crippen molar-refractivity contribution in [2.75, 3.05) is 6.61 Å². The Hall–Kier alpha value is -1.46. The van der Waals surface area contributed by atoms with Crippen LogP contribution in [0.4, 0.5) is 0 Å². The minimum atomic E-state index is -1.31. The van der Waals surface area contributed by atoms with E-state index in [1.165, 1.54) is 6.92 Å². The molecule has 0 N–H and O–H groups in total. The van der Waals surface area contributed by atoms with Crippen LogP contribution in [-0.4, -0.2) is 28.8 Å². The predicted molar refractivity (Wildman–Crippen MR) is 63.6 cm³/mol. The summed E-state index contributed by atoms with van der Waals surface area (Å²) in [6.07, 6.45) is 2.01. The maximum atomic E-state index is 11.9. The summed E-state index contributed by atoms with van der Waals surface area (Å²) in [4.78, 5) is 34.1. The third kappa shape index (κ3) is 2.86. The minimum Gasteiger partial charge on any atom is -0.466 e. The second kappa shape index (κ2) is 5.93. The van der Waals surface area contributed by atoms with Crippen molar-refractivity contribution in [3.05, 3.63) is 10.1 Å². The molecule has 6 nitrogen and oxygen atoms in total. The molecule has 0 aromatic heterocycles. The lowest BCUT2D eigenvalue weighted by Crippen LogP contribution is -2.48. The van der Waals surface area contributed by atoms with Crippen LogP contribution < -0.4 is 0 Å². The van der Waals surface area contributed by atoms with E-state index < -0.39 is 17.4 Å². The quantitative estimate of drug-likeness (QED) is 0.411. The van der Waals surface area contributed by atoms with Gasteiger partial charge in [0.15, 0.2) is 0 Å². The maximum absolute atomic E-state index is 11.9. The molecule has 0 aromatic rings. The molecule has 1 fully saturated rings. The summed E-state index contributed by atoms with van der Waals surface area (Å²) in [5.41, 5.74) is -1.31. The van der Waals surface area contributed by atoms with Gasteiger partial charge in [-0.05, 0) is 26.7 Å². The van der Waals surface area contributed by atoms with E-state index >= 15 is 0 Å². The molecule has 0 amide bonds. The highest BCUT2D eigenvalue weighted by Gasteiger charge is 2.56. The zero-order chi connectivity index (χ0) is 13.8. The van der Waals surface area contributed by atoms with E-state index in [4.69, 9.17) is 4.74 Å². The summed E-state index contributed by atoms with van der Waals surface area (Å²) >= 11 is 0. The number of nitro groups is 1. The molecule has 0 unspecified atom stereocenters. The number of carbonyl (C=O) groups excluding carboxylic acids is 2. The van der Waals surface area contributed by atoms with Crippen molar-refractivity contribution in [3.63, 3.8) is 0 Å². The van der Waals surface area contributed by atoms with Crippen LogP contribution in [0, 0.1) is 16.0 Å². The fourth-order valence-corrected chi connectivity index (χ4v) is 2.67. The molecule has 0 aromatic carbocycles. The van der Waals surface area contributed by atoms with Crippen molar-refractivity contribution < 1.29 is 19.2 Å². The Labute approximate surface area is 106 Å². The van der Waals surface area contributed by atoms with Crippen LogP contribution in [0.1, 0.15) is 46.0 Å². The van der Waals surface area contributed by atoms with Gasteiger partial charge >= 0.3 is 5.97 Å². The molecule has 0 saturated heterocycles. The first kappa shape index (κ1) is 14.6. The molecule has 18 heavy (non-hydrogen) atoms. The first-order chi connectivity index (χ1) is 8.44. The molecule has 1 aliphatic carbocycles. The van der Waals surface area contributed by atoms with Gasteiger partial charge in [0.25, 0.3) is 0 Å². The SMILES string of the molecule is CCOC(=O)[C@H](CC(C)=O)C1([N+](=O)[O-])CCCC1. The Balaban J connectivity index is 3.02. The Morgan fingerprint density at radius 1 is 1.39 bits per heavy atom. The highest BCUT2D eigenvalue weighted by molar-refractivity contribution is 5.83. The fraction of sp³-hybridized carbons (Fsp3) is 0.833. The Kier molecular flexibility index (Phi) is 4.81. The van der Waals surface area contributed by atoms with Crippen LogP contribution in [0.5, 0.6) is 0 Å². The van der Waals surface area contributed by atoms with E-state index in [0.717, 1.165) is 12.8 Å². The van der Waals surface area contributed by atoms with Gasteiger partial charge < -0.3 is 4.74 Å². The number of esters is 1. The van der Waals surface area contributed by atoms with Crippen molar-refractivity contribution in [3.8, 4) is 0 Å². The Bertz CT molecular complexity index is 346. The smallest absolute Gasteiger partial charge is 0.316 e. The second-order valence-corrected chi connectivity index (χ2v) is 4.78. The highest BCUT2D eigenvalue weighted by Crippen LogP contribution is 2.41. The monoisotopic (exact) mass is 257 g/mol. The summed E-state index contributed by atoms with van der Waals surface area (Å²) in [5, 5.41) is 11.3. The van der Waals surface area contributed by atoms with Crippen LogP contribution in [-0.2, 0) is 14.3 Å². The number of ketones is 1. The number of nitrogens with zero attached hydrogens (tertiary/aromatic N) is 1. The highest BCUT2D eigenvalue weighted by atomic mass is 16.6. The van der Waals surface area contributed by atoms with Crippen LogP contribution in [0.15, 0.2) is 0 Å². The number of carbonyl (C=O) groups is 2. The third-order valence-corrected chi connectivity index (χ3v) is 3.54. The normalized spacial score (nSPS) is 19.2. The van der Waals surface area contributed by atoms with E-state index in [9.17, 15) is 19.7 Å². The van der Waals surface area contributed by atoms with E-state index in [-0.39, 0.29) is 23.7 Å². The largest absolute Gasteiger partial charge is 0.466 e. The topological polar surface area (TPSA) is 86.5 Å². The van der Waals surface area contributed by atoms with Gasteiger partial charge in [0.2, 0.25) is 5.54 Å². The molecule has 0 radical (unpaired) electrons. The zero-order valence-corrected chi connectivity index (χ0v) is 10.8. The van der Waals surface area contributed by atoms with Gasteiger partial charge in [-0.25, -0.2) is 0 Å². The average Bonchev–Trinajstić information content (AvgIpc) is 2.76. The van der Waals surface area contributed by atoms with Gasteiger partial charge in [0.1, 0.15) is 11.7 Å². The molecule has 0 heterocycles. The van der Waals surface area contributed by atoms with E-state index in [0.29, 0.717) is 12.8 Å². The van der Waals surface area contributed by atoms with Crippen molar-refractivity contribution in [1.82, 2.24) is 0 Å². The van der Waals surface area contributed by atoms with E-state index in [1.807, 2.05) is 0 Å². The molecule has 0 bridgehead atoms. The average molecular weight is 257 g/mol. The van der Waals surface area contributed by atoms with Crippen molar-refractivity contribution in [2.24, 2.45) is 5.92 Å². The van der Waals surface area contributed by atoms with Gasteiger partial charge in [-0.15, -0.1) is 0 Å². The summed E-state index contributed by atoms with van der Waals surface area (Å²) in [6, 6.07) is 0. The first-order valence-electron chi connectivity index (χ1n) is 6.24. The molecular formula is C12H19NO5. The first-order valence-corrected chi connectivity index (χ1v) is 6.24. The minimum absolute atomic E-state index is 0.111. The van der Waals surface area contributed by atoms with Gasteiger partial charge in [-0.3, -0.25) is 19.7 Å². The number of rotatable bonds is 6. The molecule has 1 rings (SSSR count). The summed E-state index contributed by atoms with van der Waals surface area (Å²) in [7, 11) is 0.